The molecule has 17 heavy (non-hydrogen) atoms. The first kappa shape index (κ1) is 11.5. The molecule has 0 fully saturated rings. The highest BCUT2D eigenvalue weighted by Crippen LogP contribution is 2.40. The largest absolute Gasteiger partial charge is 0.493 e. The third kappa shape index (κ3) is 1.86. The first-order chi connectivity index (χ1) is 8.21. The van der Waals surface area contributed by atoms with Crippen LogP contribution in [0.1, 0.15) is 28.4 Å². The number of rotatable bonds is 4. The van der Waals surface area contributed by atoms with Crippen LogP contribution in [0.25, 0.3) is 0 Å². The molecule has 4 heteroatoms. The number of esters is 1. The third-order valence-electron chi connectivity index (χ3n) is 2.75. The minimum Gasteiger partial charge on any atom is -0.493 e. The molecular weight excluding hydrogens is 220 g/mol. The molecule has 0 spiro atoms. The normalized spacial score (nSPS) is 17.3. The predicted molar refractivity (Wildman–Crippen MR) is 62.5 cm³/mol. The van der Waals surface area contributed by atoms with Gasteiger partial charge in [0.05, 0.1) is 19.8 Å². The third-order valence-corrected chi connectivity index (χ3v) is 2.75. The lowest BCUT2D eigenvalue weighted by molar-refractivity contribution is 0.0392. The molecule has 1 aromatic rings. The molecule has 0 aromatic heterocycles. The summed E-state index contributed by atoms with van der Waals surface area (Å²) in [6, 6.07) is 3.44. The summed E-state index contributed by atoms with van der Waals surface area (Å²) in [5.41, 5.74) is 1.36. The Morgan fingerprint density at radius 1 is 1.35 bits per heavy atom. The van der Waals surface area contributed by atoms with Crippen molar-refractivity contribution in [1.29, 1.82) is 0 Å². The second-order valence-corrected chi connectivity index (χ2v) is 3.71. The molecule has 0 unspecified atom stereocenters. The van der Waals surface area contributed by atoms with Crippen LogP contribution >= 0.6 is 0 Å². The molecule has 0 amide bonds. The van der Waals surface area contributed by atoms with Gasteiger partial charge in [0.25, 0.3) is 0 Å². The molecule has 1 atom stereocenters. The van der Waals surface area contributed by atoms with Crippen molar-refractivity contribution in [3.8, 4) is 11.5 Å². The quantitative estimate of drug-likeness (QED) is 0.593. The molecule has 0 N–H and O–H groups in total. The lowest BCUT2D eigenvalue weighted by Gasteiger charge is -2.11. The topological polar surface area (TPSA) is 44.8 Å². The number of hydrogen-bond donors (Lipinski definition) is 0. The highest BCUT2D eigenvalue weighted by atomic mass is 16.5. The molecule has 90 valence electrons. The monoisotopic (exact) mass is 234 g/mol. The molecule has 0 bridgehead atoms. The van der Waals surface area contributed by atoms with Crippen molar-refractivity contribution in [1.82, 2.24) is 0 Å². The number of benzene rings is 1. The van der Waals surface area contributed by atoms with Crippen LogP contribution in [0.15, 0.2) is 24.8 Å². The lowest BCUT2D eigenvalue weighted by Crippen LogP contribution is -1.96. The van der Waals surface area contributed by atoms with E-state index in [1.165, 1.54) is 7.11 Å². The number of methoxy groups -OCH3 is 2. The van der Waals surface area contributed by atoms with Gasteiger partial charge in [0.1, 0.15) is 6.10 Å². The standard InChI is InChI=1S/C13H14O4/c1-4-5-10-8-6-11(15-2)12(16-3)7-9(8)13(14)17-10/h4,6-7,10H,1,5H2,2-3H3/t10-/m0/s1. The lowest BCUT2D eigenvalue weighted by atomic mass is 10.0. The predicted octanol–water partition coefficient (Wildman–Crippen LogP) is 2.49. The van der Waals surface area contributed by atoms with E-state index in [9.17, 15) is 4.79 Å². The van der Waals surface area contributed by atoms with Gasteiger partial charge in [0.15, 0.2) is 11.5 Å². The fraction of sp³-hybridized carbons (Fsp3) is 0.308. The Kier molecular flexibility index (Phi) is 3.04. The molecule has 0 saturated carbocycles. The maximum atomic E-state index is 11.7. The molecule has 1 aromatic carbocycles. The number of hydrogen-bond acceptors (Lipinski definition) is 4. The number of fused-ring (bicyclic) bond motifs is 1. The zero-order valence-corrected chi connectivity index (χ0v) is 9.86. The van der Waals surface area contributed by atoms with E-state index in [-0.39, 0.29) is 12.1 Å². The van der Waals surface area contributed by atoms with Crippen molar-refractivity contribution < 1.29 is 19.0 Å². The van der Waals surface area contributed by atoms with Crippen molar-refractivity contribution in [2.45, 2.75) is 12.5 Å². The smallest absolute Gasteiger partial charge is 0.339 e. The average molecular weight is 234 g/mol. The zero-order valence-electron chi connectivity index (χ0n) is 9.86. The number of ether oxygens (including phenoxy) is 3. The molecule has 1 aliphatic rings. The zero-order chi connectivity index (χ0) is 12.4. The Balaban J connectivity index is 2.50. The van der Waals surface area contributed by atoms with Crippen LogP contribution in [-0.2, 0) is 4.74 Å². The minimum atomic E-state index is -0.326. The van der Waals surface area contributed by atoms with Gasteiger partial charge in [0, 0.05) is 12.0 Å². The minimum absolute atomic E-state index is 0.269. The van der Waals surface area contributed by atoms with Crippen LogP contribution in [0.2, 0.25) is 0 Å². The van der Waals surface area contributed by atoms with Crippen LogP contribution in [0.5, 0.6) is 11.5 Å². The van der Waals surface area contributed by atoms with Crippen molar-refractivity contribution in [2.24, 2.45) is 0 Å². The van der Waals surface area contributed by atoms with Crippen LogP contribution in [0, 0.1) is 0 Å². The second kappa shape index (κ2) is 4.49. The highest BCUT2D eigenvalue weighted by molar-refractivity contribution is 5.95. The summed E-state index contributed by atoms with van der Waals surface area (Å²) in [5.74, 6) is 0.800. The van der Waals surface area contributed by atoms with Crippen LogP contribution in [0.4, 0.5) is 0 Å². The fourth-order valence-corrected chi connectivity index (χ4v) is 1.92. The molecule has 2 rings (SSSR count). The van der Waals surface area contributed by atoms with E-state index in [1.807, 2.05) is 0 Å². The Bertz CT molecular complexity index is 465. The number of carbonyl (C=O) groups is 1. The average Bonchev–Trinajstić information content (AvgIpc) is 2.65. The summed E-state index contributed by atoms with van der Waals surface area (Å²) in [6.07, 6.45) is 2.05. The van der Waals surface area contributed by atoms with Crippen LogP contribution < -0.4 is 9.47 Å². The first-order valence-electron chi connectivity index (χ1n) is 5.29. The van der Waals surface area contributed by atoms with Gasteiger partial charge in [-0.05, 0) is 12.1 Å². The van der Waals surface area contributed by atoms with Gasteiger partial charge >= 0.3 is 5.97 Å². The summed E-state index contributed by atoms with van der Waals surface area (Å²) >= 11 is 0. The van der Waals surface area contributed by atoms with E-state index >= 15 is 0 Å². The van der Waals surface area contributed by atoms with Gasteiger partial charge in [-0.15, -0.1) is 6.58 Å². The SMILES string of the molecule is C=CC[C@@H]1OC(=O)c2cc(OC)c(OC)cc21. The Morgan fingerprint density at radius 2 is 2.00 bits per heavy atom. The van der Waals surface area contributed by atoms with Crippen LogP contribution in [-0.4, -0.2) is 20.2 Å². The molecule has 0 saturated heterocycles. The Morgan fingerprint density at radius 3 is 2.59 bits per heavy atom. The highest BCUT2D eigenvalue weighted by Gasteiger charge is 2.32. The van der Waals surface area contributed by atoms with Crippen LogP contribution in [0.3, 0.4) is 0 Å². The van der Waals surface area contributed by atoms with Gasteiger partial charge in [-0.2, -0.15) is 0 Å². The summed E-state index contributed by atoms with van der Waals surface area (Å²) in [6.45, 7) is 3.65. The van der Waals surface area contributed by atoms with Gasteiger partial charge in [-0.1, -0.05) is 6.08 Å². The number of carbonyl (C=O) groups excluding carboxylic acids is 1. The summed E-state index contributed by atoms with van der Waals surface area (Å²) < 4.78 is 15.6. The first-order valence-corrected chi connectivity index (χ1v) is 5.29. The van der Waals surface area contributed by atoms with Crippen molar-refractivity contribution in [2.75, 3.05) is 14.2 Å². The molecule has 1 heterocycles. The summed E-state index contributed by atoms with van der Waals surface area (Å²) in [5, 5.41) is 0. The van der Waals surface area contributed by atoms with Gasteiger partial charge < -0.3 is 14.2 Å². The maximum absolute atomic E-state index is 11.7. The summed E-state index contributed by atoms with van der Waals surface area (Å²) in [7, 11) is 3.09. The van der Waals surface area contributed by atoms with E-state index in [2.05, 4.69) is 6.58 Å². The van der Waals surface area contributed by atoms with Crippen molar-refractivity contribution >= 4 is 5.97 Å². The molecule has 0 radical (unpaired) electrons. The van der Waals surface area contributed by atoms with Crippen molar-refractivity contribution in [3.63, 3.8) is 0 Å². The fourth-order valence-electron chi connectivity index (χ4n) is 1.92. The van der Waals surface area contributed by atoms with Gasteiger partial charge in [-0.25, -0.2) is 4.79 Å². The van der Waals surface area contributed by atoms with E-state index in [4.69, 9.17) is 14.2 Å². The van der Waals surface area contributed by atoms with Gasteiger partial charge in [-0.3, -0.25) is 0 Å². The second-order valence-electron chi connectivity index (χ2n) is 3.71. The Labute approximate surface area is 99.8 Å². The van der Waals surface area contributed by atoms with E-state index < -0.39 is 0 Å². The molecule has 0 aliphatic carbocycles. The van der Waals surface area contributed by atoms with E-state index in [0.29, 0.717) is 23.5 Å². The molecule has 4 nitrogen and oxygen atoms in total. The summed E-state index contributed by atoms with van der Waals surface area (Å²) in [4.78, 5) is 11.7. The van der Waals surface area contributed by atoms with Gasteiger partial charge in [0.2, 0.25) is 0 Å². The van der Waals surface area contributed by atoms with E-state index in [1.54, 1.807) is 25.3 Å². The number of cyclic esters (lactones) is 1. The van der Waals surface area contributed by atoms with E-state index in [0.717, 1.165) is 5.56 Å². The Hall–Kier alpha value is -1.97. The van der Waals surface area contributed by atoms with Crippen molar-refractivity contribution in [3.05, 3.63) is 35.9 Å². The molecule has 1 aliphatic heterocycles. The molecular formula is C13H14O4. The maximum Gasteiger partial charge on any atom is 0.339 e.